The van der Waals surface area contributed by atoms with Gasteiger partial charge in [-0.1, -0.05) is 24.3 Å². The molecule has 2 aromatic rings. The minimum absolute atomic E-state index is 0.604. The van der Waals surface area contributed by atoms with Crippen LogP contribution in [0, 0.1) is 5.92 Å². The zero-order valence-electron chi connectivity index (χ0n) is 8.36. The number of hydrogen-bond acceptors (Lipinski definition) is 1. The first-order valence-electron chi connectivity index (χ1n) is 5.30. The smallest absolute Gasteiger partial charge is 0.0705 e. The van der Waals surface area contributed by atoms with Gasteiger partial charge in [0.05, 0.1) is 5.52 Å². The van der Waals surface area contributed by atoms with Gasteiger partial charge >= 0.3 is 0 Å². The van der Waals surface area contributed by atoms with E-state index in [1.807, 2.05) is 12.1 Å². The molecule has 2 unspecified atom stereocenters. The average molecular weight is 218 g/mol. The van der Waals surface area contributed by atoms with Gasteiger partial charge in [0.15, 0.2) is 0 Å². The first kappa shape index (κ1) is 9.17. The molecule has 1 aliphatic carbocycles. The first-order valence-corrected chi connectivity index (χ1v) is 5.83. The number of para-hydroxylation sites is 1. The fraction of sp³-hybridized carbons (Fsp3) is 0.308. The highest BCUT2D eigenvalue weighted by molar-refractivity contribution is 6.18. The topological polar surface area (TPSA) is 12.9 Å². The molecular weight excluding hydrogens is 206 g/mol. The number of rotatable bonds is 2. The number of pyridine rings is 1. The van der Waals surface area contributed by atoms with E-state index in [4.69, 9.17) is 11.6 Å². The van der Waals surface area contributed by atoms with Gasteiger partial charge in [0, 0.05) is 22.9 Å². The Labute approximate surface area is 94.1 Å². The fourth-order valence-electron chi connectivity index (χ4n) is 2.07. The molecule has 1 aromatic carbocycles. The van der Waals surface area contributed by atoms with Crippen molar-refractivity contribution < 1.29 is 0 Å². The summed E-state index contributed by atoms with van der Waals surface area (Å²) < 4.78 is 0. The minimum atomic E-state index is 0.604. The molecule has 1 aromatic heterocycles. The Balaban J connectivity index is 2.00. The summed E-state index contributed by atoms with van der Waals surface area (Å²) in [5.41, 5.74) is 2.30. The zero-order chi connectivity index (χ0) is 10.3. The van der Waals surface area contributed by atoms with Gasteiger partial charge in [-0.05, 0) is 24.5 Å². The molecule has 3 rings (SSSR count). The largest absolute Gasteiger partial charge is 0.253 e. The van der Waals surface area contributed by atoms with Crippen molar-refractivity contribution in [2.24, 2.45) is 5.92 Å². The number of hydrogen-bond donors (Lipinski definition) is 0. The van der Waals surface area contributed by atoms with Gasteiger partial charge in [-0.3, -0.25) is 4.98 Å². The minimum Gasteiger partial charge on any atom is -0.253 e. The number of fused-ring (bicyclic) bond motifs is 1. The van der Waals surface area contributed by atoms with Crippen LogP contribution in [0.15, 0.2) is 36.4 Å². The van der Waals surface area contributed by atoms with Crippen molar-refractivity contribution in [1.29, 1.82) is 0 Å². The molecule has 1 heterocycles. The van der Waals surface area contributed by atoms with Gasteiger partial charge in [0.25, 0.3) is 0 Å². The summed E-state index contributed by atoms with van der Waals surface area (Å²) in [6, 6.07) is 12.5. The third-order valence-electron chi connectivity index (χ3n) is 3.12. The molecule has 0 aliphatic heterocycles. The van der Waals surface area contributed by atoms with Crippen molar-refractivity contribution in [3.8, 4) is 0 Å². The van der Waals surface area contributed by atoms with Crippen LogP contribution in [0.1, 0.15) is 18.0 Å². The highest BCUT2D eigenvalue weighted by atomic mass is 35.5. The number of nitrogens with zero attached hydrogens (tertiary/aromatic N) is 1. The highest BCUT2D eigenvalue weighted by Gasteiger charge is 2.38. The molecule has 76 valence electrons. The van der Waals surface area contributed by atoms with Crippen molar-refractivity contribution in [2.45, 2.75) is 12.3 Å². The van der Waals surface area contributed by atoms with Crippen LogP contribution in [0.4, 0.5) is 0 Å². The molecule has 2 heteroatoms. The molecule has 15 heavy (non-hydrogen) atoms. The average Bonchev–Trinajstić information content (AvgIpc) is 3.08. The SMILES string of the molecule is ClCC1CC1c1ccc2ccccc2n1. The maximum Gasteiger partial charge on any atom is 0.0705 e. The Hall–Kier alpha value is -1.08. The molecule has 0 saturated heterocycles. The van der Waals surface area contributed by atoms with Crippen LogP contribution in [0.3, 0.4) is 0 Å². The summed E-state index contributed by atoms with van der Waals surface area (Å²) in [6.07, 6.45) is 1.20. The van der Waals surface area contributed by atoms with E-state index < -0.39 is 0 Å². The molecule has 0 bridgehead atoms. The van der Waals surface area contributed by atoms with Crippen molar-refractivity contribution >= 4 is 22.5 Å². The van der Waals surface area contributed by atoms with E-state index in [-0.39, 0.29) is 0 Å². The van der Waals surface area contributed by atoms with Gasteiger partial charge in [-0.2, -0.15) is 0 Å². The van der Waals surface area contributed by atoms with Gasteiger partial charge in [-0.15, -0.1) is 11.6 Å². The summed E-state index contributed by atoms with van der Waals surface area (Å²) in [4.78, 5) is 4.68. The van der Waals surface area contributed by atoms with Crippen molar-refractivity contribution in [3.05, 3.63) is 42.1 Å². The predicted octanol–water partition coefficient (Wildman–Crippen LogP) is 3.58. The Bertz CT molecular complexity index is 495. The van der Waals surface area contributed by atoms with Crippen molar-refractivity contribution in [1.82, 2.24) is 4.98 Å². The molecule has 0 amide bonds. The van der Waals surface area contributed by atoms with Gasteiger partial charge in [0.1, 0.15) is 0 Å². The van der Waals surface area contributed by atoms with Crippen LogP contribution >= 0.6 is 11.6 Å². The number of alkyl halides is 1. The number of benzene rings is 1. The van der Waals surface area contributed by atoms with Gasteiger partial charge in [-0.25, -0.2) is 0 Å². The highest BCUT2D eigenvalue weighted by Crippen LogP contribution is 2.47. The molecule has 1 nitrogen and oxygen atoms in total. The lowest BCUT2D eigenvalue weighted by Crippen LogP contribution is -1.90. The van der Waals surface area contributed by atoms with Crippen molar-refractivity contribution in [2.75, 3.05) is 5.88 Å². The summed E-state index contributed by atoms with van der Waals surface area (Å²) in [5, 5.41) is 1.21. The molecule has 1 aliphatic rings. The number of halogens is 1. The van der Waals surface area contributed by atoms with Gasteiger partial charge < -0.3 is 0 Å². The second-order valence-electron chi connectivity index (χ2n) is 4.19. The van der Waals surface area contributed by atoms with Gasteiger partial charge in [0.2, 0.25) is 0 Å². The van der Waals surface area contributed by atoms with Crippen LogP contribution in [-0.2, 0) is 0 Å². The lowest BCUT2D eigenvalue weighted by molar-refractivity contribution is 0.898. The zero-order valence-corrected chi connectivity index (χ0v) is 9.11. The van der Waals surface area contributed by atoms with Crippen LogP contribution < -0.4 is 0 Å². The van der Waals surface area contributed by atoms with E-state index in [2.05, 4.69) is 29.2 Å². The summed E-state index contributed by atoms with van der Waals surface area (Å²) in [7, 11) is 0. The van der Waals surface area contributed by atoms with Crippen LogP contribution in [-0.4, -0.2) is 10.9 Å². The summed E-state index contributed by atoms with van der Waals surface area (Å²) >= 11 is 5.83. The fourth-order valence-corrected chi connectivity index (χ4v) is 2.41. The Morgan fingerprint density at radius 1 is 1.20 bits per heavy atom. The summed E-state index contributed by atoms with van der Waals surface area (Å²) in [6.45, 7) is 0. The molecule has 2 atom stereocenters. The molecule has 0 radical (unpaired) electrons. The molecule has 0 spiro atoms. The second-order valence-corrected chi connectivity index (χ2v) is 4.49. The van der Waals surface area contributed by atoms with E-state index in [0.717, 1.165) is 11.4 Å². The monoisotopic (exact) mass is 217 g/mol. The standard InChI is InChI=1S/C13H12ClN/c14-8-10-7-11(10)13-6-5-9-3-1-2-4-12(9)15-13/h1-6,10-11H,7-8H2. The number of aromatic nitrogens is 1. The van der Waals surface area contributed by atoms with Crippen LogP contribution in [0.25, 0.3) is 10.9 Å². The molecule has 0 N–H and O–H groups in total. The normalized spacial score (nSPS) is 24.3. The molecule has 1 saturated carbocycles. The van der Waals surface area contributed by atoms with E-state index in [9.17, 15) is 0 Å². The molecular formula is C13H12ClN. The maximum absolute atomic E-state index is 5.83. The Morgan fingerprint density at radius 3 is 2.87 bits per heavy atom. The van der Waals surface area contributed by atoms with Crippen molar-refractivity contribution in [3.63, 3.8) is 0 Å². The van der Waals surface area contributed by atoms with E-state index >= 15 is 0 Å². The lowest BCUT2D eigenvalue weighted by atomic mass is 10.1. The lowest BCUT2D eigenvalue weighted by Gasteiger charge is -2.01. The van der Waals surface area contributed by atoms with E-state index in [0.29, 0.717) is 11.8 Å². The Kier molecular flexibility index (Phi) is 2.14. The second kappa shape index (κ2) is 3.49. The van der Waals surface area contributed by atoms with Crippen LogP contribution in [0.5, 0.6) is 0 Å². The molecule has 1 fully saturated rings. The van der Waals surface area contributed by atoms with Crippen LogP contribution in [0.2, 0.25) is 0 Å². The third kappa shape index (κ3) is 1.61. The predicted molar refractivity (Wildman–Crippen MR) is 63.3 cm³/mol. The maximum atomic E-state index is 5.83. The Morgan fingerprint density at radius 2 is 2.07 bits per heavy atom. The van der Waals surface area contributed by atoms with E-state index in [1.165, 1.54) is 17.5 Å². The quantitative estimate of drug-likeness (QED) is 0.701. The van der Waals surface area contributed by atoms with E-state index in [1.54, 1.807) is 0 Å². The third-order valence-corrected chi connectivity index (χ3v) is 3.52. The first-order chi connectivity index (χ1) is 7.38. The summed E-state index contributed by atoms with van der Waals surface area (Å²) in [5.74, 6) is 2.02.